The van der Waals surface area contributed by atoms with Crippen LogP contribution in [0.25, 0.3) is 10.2 Å². The first-order valence-electron chi connectivity index (χ1n) is 12.7. The SMILES string of the molecule is Cc1ccccc1Oc1ccc(N2C(=O)Nc3c(C(=O)NC4CCCN(C)C4)sc4nccc2c34)c(C)c1. The Hall–Kier alpha value is -3.95. The standard InChI is InChI=1S/C29H29N5O3S/c1-17-7-4-5-9-23(17)37-20-10-11-21(18(2)15-20)34-22-12-13-30-28-24(22)25(32-29(34)36)26(38-28)27(35)31-19-8-6-14-33(3)16-19/h4-5,7,9-13,15,19H,6,8,14,16H2,1-3H3,(H,31,35)(H,32,36). The highest BCUT2D eigenvalue weighted by molar-refractivity contribution is 7.21. The van der Waals surface area contributed by atoms with E-state index in [2.05, 4.69) is 27.6 Å². The third-order valence-electron chi connectivity index (χ3n) is 7.14. The summed E-state index contributed by atoms with van der Waals surface area (Å²) in [5.41, 5.74) is 3.91. The number of amides is 3. The molecule has 2 aliphatic rings. The molecule has 4 aromatic rings. The van der Waals surface area contributed by atoms with Gasteiger partial charge in [0.25, 0.3) is 5.91 Å². The number of benzene rings is 2. The van der Waals surface area contributed by atoms with Crippen LogP contribution in [-0.2, 0) is 0 Å². The van der Waals surface area contributed by atoms with E-state index in [9.17, 15) is 9.59 Å². The van der Waals surface area contributed by atoms with Crippen molar-refractivity contribution in [2.75, 3.05) is 30.4 Å². The zero-order chi connectivity index (χ0) is 26.4. The van der Waals surface area contributed by atoms with Gasteiger partial charge < -0.3 is 20.3 Å². The molecule has 0 spiro atoms. The Morgan fingerprint density at radius 1 is 1.13 bits per heavy atom. The Balaban J connectivity index is 1.33. The van der Waals surface area contributed by atoms with Crippen LogP contribution in [0.15, 0.2) is 54.7 Å². The van der Waals surface area contributed by atoms with Crippen LogP contribution in [0.1, 0.15) is 33.6 Å². The van der Waals surface area contributed by atoms with Crippen molar-refractivity contribution in [2.24, 2.45) is 0 Å². The van der Waals surface area contributed by atoms with Gasteiger partial charge in [0, 0.05) is 18.8 Å². The number of urea groups is 1. The number of anilines is 3. The minimum atomic E-state index is -0.314. The molecule has 1 atom stereocenters. The average molecular weight is 528 g/mol. The number of piperidine rings is 1. The topological polar surface area (TPSA) is 86.8 Å². The van der Waals surface area contributed by atoms with E-state index < -0.39 is 0 Å². The lowest BCUT2D eigenvalue weighted by Crippen LogP contribution is -2.46. The van der Waals surface area contributed by atoms with Crippen LogP contribution in [0.3, 0.4) is 0 Å². The lowest BCUT2D eigenvalue weighted by atomic mass is 10.1. The molecule has 194 valence electrons. The number of aryl methyl sites for hydroxylation is 2. The number of likely N-dealkylation sites (N-methyl/N-ethyl adjacent to an activating group) is 1. The van der Waals surface area contributed by atoms with E-state index >= 15 is 0 Å². The average Bonchev–Trinajstić information content (AvgIpc) is 3.26. The van der Waals surface area contributed by atoms with E-state index in [0.717, 1.165) is 53.9 Å². The zero-order valence-electron chi connectivity index (χ0n) is 21.6. The molecule has 38 heavy (non-hydrogen) atoms. The molecule has 0 bridgehead atoms. The van der Waals surface area contributed by atoms with Crippen LogP contribution >= 0.6 is 11.3 Å². The van der Waals surface area contributed by atoms with Gasteiger partial charge in [-0.2, -0.15) is 0 Å². The van der Waals surface area contributed by atoms with Crippen molar-refractivity contribution in [1.29, 1.82) is 0 Å². The van der Waals surface area contributed by atoms with Crippen LogP contribution in [-0.4, -0.2) is 48.0 Å². The Bertz CT molecular complexity index is 1570. The second kappa shape index (κ2) is 9.74. The highest BCUT2D eigenvalue weighted by atomic mass is 32.1. The van der Waals surface area contributed by atoms with Gasteiger partial charge >= 0.3 is 6.03 Å². The van der Waals surface area contributed by atoms with Crippen LogP contribution in [0.2, 0.25) is 0 Å². The summed E-state index contributed by atoms with van der Waals surface area (Å²) in [5.74, 6) is 1.32. The summed E-state index contributed by atoms with van der Waals surface area (Å²) in [6, 6.07) is 15.1. The Morgan fingerprint density at radius 3 is 2.76 bits per heavy atom. The van der Waals surface area contributed by atoms with E-state index in [0.29, 0.717) is 26.8 Å². The molecule has 2 aromatic heterocycles. The van der Waals surface area contributed by atoms with Gasteiger partial charge in [0.2, 0.25) is 0 Å². The third-order valence-corrected chi connectivity index (χ3v) is 8.24. The van der Waals surface area contributed by atoms with Crippen LogP contribution in [0.5, 0.6) is 11.5 Å². The second-order valence-electron chi connectivity index (χ2n) is 9.97. The predicted molar refractivity (Wildman–Crippen MR) is 151 cm³/mol. The lowest BCUT2D eigenvalue weighted by Gasteiger charge is -2.31. The summed E-state index contributed by atoms with van der Waals surface area (Å²) < 4.78 is 6.10. The minimum Gasteiger partial charge on any atom is -0.457 e. The molecule has 0 saturated carbocycles. The maximum absolute atomic E-state index is 13.5. The molecule has 4 heterocycles. The number of hydrogen-bond acceptors (Lipinski definition) is 6. The molecule has 3 amide bonds. The van der Waals surface area contributed by atoms with E-state index in [1.54, 1.807) is 11.1 Å². The maximum Gasteiger partial charge on any atom is 0.331 e. The van der Waals surface area contributed by atoms with Crippen molar-refractivity contribution in [2.45, 2.75) is 32.7 Å². The van der Waals surface area contributed by atoms with Gasteiger partial charge in [-0.05, 0) is 81.7 Å². The number of pyridine rings is 1. The smallest absolute Gasteiger partial charge is 0.331 e. The number of para-hydroxylation sites is 1. The van der Waals surface area contributed by atoms with E-state index in [4.69, 9.17) is 4.74 Å². The van der Waals surface area contributed by atoms with Crippen molar-refractivity contribution >= 4 is 50.6 Å². The highest BCUT2D eigenvalue weighted by Crippen LogP contribution is 2.46. The molecule has 1 fully saturated rings. The van der Waals surface area contributed by atoms with E-state index in [1.165, 1.54) is 11.3 Å². The molecule has 0 radical (unpaired) electrons. The quantitative estimate of drug-likeness (QED) is 0.322. The van der Waals surface area contributed by atoms with Gasteiger partial charge in [0.1, 0.15) is 21.2 Å². The number of carbonyl (C=O) groups excluding carboxylic acids is 2. The number of rotatable bonds is 5. The number of nitrogens with one attached hydrogen (secondary N) is 2. The fraction of sp³-hybridized carbons (Fsp3) is 0.276. The maximum atomic E-state index is 13.5. The summed E-state index contributed by atoms with van der Waals surface area (Å²) in [7, 11) is 2.07. The summed E-state index contributed by atoms with van der Waals surface area (Å²) in [4.78, 5) is 36.4. The summed E-state index contributed by atoms with van der Waals surface area (Å²) in [5, 5.41) is 6.94. The second-order valence-corrected chi connectivity index (χ2v) is 11.0. The molecule has 8 nitrogen and oxygen atoms in total. The normalized spacial score (nSPS) is 17.4. The number of likely N-dealkylation sites (tertiary alicyclic amines) is 1. The molecule has 2 aliphatic heterocycles. The third kappa shape index (κ3) is 4.37. The van der Waals surface area contributed by atoms with Crippen molar-refractivity contribution in [1.82, 2.24) is 15.2 Å². The number of thiophene rings is 1. The predicted octanol–water partition coefficient (Wildman–Crippen LogP) is 6.21. The molecular formula is C29H29N5O3S. The van der Waals surface area contributed by atoms with Crippen LogP contribution in [0, 0.1) is 13.8 Å². The van der Waals surface area contributed by atoms with Crippen molar-refractivity contribution < 1.29 is 14.3 Å². The number of nitrogens with zero attached hydrogens (tertiary/aromatic N) is 3. The number of carbonyl (C=O) groups is 2. The first-order chi connectivity index (χ1) is 18.4. The first kappa shape index (κ1) is 24.4. The van der Waals surface area contributed by atoms with Crippen molar-refractivity contribution in [3.8, 4) is 11.5 Å². The lowest BCUT2D eigenvalue weighted by molar-refractivity contribution is 0.0917. The number of hydrogen-bond donors (Lipinski definition) is 2. The van der Waals surface area contributed by atoms with Gasteiger partial charge in [0.15, 0.2) is 0 Å². The molecule has 2 aromatic carbocycles. The molecule has 2 N–H and O–H groups in total. The van der Waals surface area contributed by atoms with Gasteiger partial charge in [-0.15, -0.1) is 11.3 Å². The fourth-order valence-electron chi connectivity index (χ4n) is 5.26. The molecule has 9 heteroatoms. The number of aromatic nitrogens is 1. The van der Waals surface area contributed by atoms with Crippen molar-refractivity contribution in [3.63, 3.8) is 0 Å². The monoisotopic (exact) mass is 527 g/mol. The Kier molecular flexibility index (Phi) is 6.25. The first-order valence-corrected chi connectivity index (χ1v) is 13.6. The van der Waals surface area contributed by atoms with Crippen LogP contribution in [0.4, 0.5) is 21.9 Å². The van der Waals surface area contributed by atoms with Crippen LogP contribution < -0.4 is 20.3 Å². The summed E-state index contributed by atoms with van der Waals surface area (Å²) in [6.45, 7) is 5.81. The molecule has 0 aliphatic carbocycles. The minimum absolute atomic E-state index is 0.0879. The zero-order valence-corrected chi connectivity index (χ0v) is 22.4. The van der Waals surface area contributed by atoms with E-state index in [-0.39, 0.29) is 18.0 Å². The van der Waals surface area contributed by atoms with Gasteiger partial charge in [0.05, 0.1) is 22.4 Å². The number of ether oxygens (including phenoxy) is 1. The molecule has 6 rings (SSSR count). The molecule has 1 unspecified atom stereocenters. The largest absolute Gasteiger partial charge is 0.457 e. The molecular weight excluding hydrogens is 498 g/mol. The van der Waals surface area contributed by atoms with E-state index in [1.807, 2.05) is 62.4 Å². The fourth-order valence-corrected chi connectivity index (χ4v) is 6.28. The molecule has 1 saturated heterocycles. The van der Waals surface area contributed by atoms with Crippen molar-refractivity contribution in [3.05, 3.63) is 70.7 Å². The summed E-state index contributed by atoms with van der Waals surface area (Å²) in [6.07, 6.45) is 3.68. The Labute approximate surface area is 225 Å². The highest BCUT2D eigenvalue weighted by Gasteiger charge is 2.34. The van der Waals surface area contributed by atoms with Gasteiger partial charge in [-0.3, -0.25) is 9.69 Å². The van der Waals surface area contributed by atoms with Gasteiger partial charge in [-0.1, -0.05) is 18.2 Å². The Morgan fingerprint density at radius 2 is 1.97 bits per heavy atom. The summed E-state index contributed by atoms with van der Waals surface area (Å²) >= 11 is 1.31. The van der Waals surface area contributed by atoms with Gasteiger partial charge in [-0.25, -0.2) is 9.78 Å².